The van der Waals surface area contributed by atoms with E-state index >= 15 is 0 Å². The first-order valence-electron chi connectivity index (χ1n) is 8.17. The fourth-order valence-corrected chi connectivity index (χ4v) is 4.00. The number of hydrogen-bond acceptors (Lipinski definition) is 6. The Labute approximate surface area is 180 Å². The Morgan fingerprint density at radius 2 is 1.72 bits per heavy atom. The standard InChI is InChI=1S/C19H14ClN3O4S2/c1-27-18(26)11-6-4-5-10(9-11)16(24)21-19(28)23-22-17(25)15-14(20)12-7-2-3-8-13(12)29-15/h2-9H,1H3,(H,22,25)(H2,21,23,24,28). The fourth-order valence-electron chi connectivity index (χ4n) is 2.44. The number of nitrogens with one attached hydrogen (secondary N) is 3. The molecule has 0 aliphatic rings. The van der Waals surface area contributed by atoms with Gasteiger partial charge >= 0.3 is 5.97 Å². The molecule has 0 saturated carbocycles. The number of hydrogen-bond donors (Lipinski definition) is 3. The van der Waals surface area contributed by atoms with Crippen molar-refractivity contribution < 1.29 is 19.1 Å². The molecule has 0 aliphatic heterocycles. The number of ether oxygens (including phenoxy) is 1. The molecule has 1 heterocycles. The quantitative estimate of drug-likeness (QED) is 0.324. The average Bonchev–Trinajstić information content (AvgIpc) is 3.08. The zero-order chi connectivity index (χ0) is 21.0. The maximum absolute atomic E-state index is 12.4. The number of esters is 1. The highest BCUT2D eigenvalue weighted by atomic mass is 35.5. The fraction of sp³-hybridized carbons (Fsp3) is 0.0526. The van der Waals surface area contributed by atoms with Crippen molar-refractivity contribution >= 4 is 68.1 Å². The minimum absolute atomic E-state index is 0.121. The van der Waals surface area contributed by atoms with Gasteiger partial charge in [-0.1, -0.05) is 35.9 Å². The minimum atomic E-state index is -0.562. The van der Waals surface area contributed by atoms with Gasteiger partial charge in [0.15, 0.2) is 5.11 Å². The third-order valence-corrected chi connectivity index (χ3v) is 5.68. The molecule has 10 heteroatoms. The summed E-state index contributed by atoms with van der Waals surface area (Å²) >= 11 is 12.5. The summed E-state index contributed by atoms with van der Waals surface area (Å²) in [6.07, 6.45) is 0. The summed E-state index contributed by atoms with van der Waals surface area (Å²) in [4.78, 5) is 36.5. The molecular weight excluding hydrogens is 434 g/mol. The first-order chi connectivity index (χ1) is 13.9. The zero-order valence-electron chi connectivity index (χ0n) is 14.9. The molecule has 3 aromatic rings. The van der Waals surface area contributed by atoms with E-state index in [2.05, 4.69) is 20.9 Å². The Morgan fingerprint density at radius 3 is 2.45 bits per heavy atom. The summed E-state index contributed by atoms with van der Waals surface area (Å²) in [5, 5.41) is 3.42. The van der Waals surface area contributed by atoms with Crippen molar-refractivity contribution in [2.75, 3.05) is 7.11 Å². The molecule has 0 radical (unpaired) electrons. The third-order valence-electron chi connectivity index (χ3n) is 3.80. The van der Waals surface area contributed by atoms with E-state index in [1.807, 2.05) is 24.3 Å². The summed E-state index contributed by atoms with van der Waals surface area (Å²) in [5.41, 5.74) is 5.29. The van der Waals surface area contributed by atoms with Crippen LogP contribution in [0, 0.1) is 0 Å². The van der Waals surface area contributed by atoms with Crippen LogP contribution in [-0.4, -0.2) is 30.0 Å². The highest BCUT2D eigenvalue weighted by molar-refractivity contribution is 7.80. The van der Waals surface area contributed by atoms with Gasteiger partial charge in [0.1, 0.15) is 4.88 Å². The first kappa shape index (κ1) is 20.7. The number of halogens is 1. The van der Waals surface area contributed by atoms with Crippen LogP contribution >= 0.6 is 35.2 Å². The van der Waals surface area contributed by atoms with Crippen molar-refractivity contribution in [2.45, 2.75) is 0 Å². The van der Waals surface area contributed by atoms with Gasteiger partial charge in [-0.05, 0) is 36.5 Å². The first-order valence-corrected chi connectivity index (χ1v) is 9.78. The van der Waals surface area contributed by atoms with Gasteiger partial charge in [-0.25, -0.2) is 4.79 Å². The van der Waals surface area contributed by atoms with E-state index in [4.69, 9.17) is 23.8 Å². The lowest BCUT2D eigenvalue weighted by Gasteiger charge is -2.10. The van der Waals surface area contributed by atoms with Crippen LogP contribution in [-0.2, 0) is 4.74 Å². The summed E-state index contributed by atoms with van der Waals surface area (Å²) in [5.74, 6) is -1.60. The SMILES string of the molecule is COC(=O)c1cccc(C(=O)NC(=S)NNC(=O)c2sc3ccccc3c2Cl)c1. The number of amides is 2. The van der Waals surface area contributed by atoms with Crippen molar-refractivity contribution in [3.8, 4) is 0 Å². The van der Waals surface area contributed by atoms with Crippen LogP contribution in [0.2, 0.25) is 5.02 Å². The van der Waals surface area contributed by atoms with Crippen molar-refractivity contribution in [1.29, 1.82) is 0 Å². The number of carbonyl (C=O) groups excluding carboxylic acids is 3. The molecule has 0 aliphatic carbocycles. The molecule has 3 N–H and O–H groups in total. The van der Waals surface area contributed by atoms with E-state index in [0.717, 1.165) is 10.1 Å². The van der Waals surface area contributed by atoms with E-state index in [9.17, 15) is 14.4 Å². The highest BCUT2D eigenvalue weighted by Crippen LogP contribution is 2.34. The maximum Gasteiger partial charge on any atom is 0.337 e. The molecule has 29 heavy (non-hydrogen) atoms. The van der Waals surface area contributed by atoms with E-state index in [-0.39, 0.29) is 16.2 Å². The van der Waals surface area contributed by atoms with Crippen molar-refractivity contribution in [3.05, 3.63) is 69.6 Å². The van der Waals surface area contributed by atoms with Crippen LogP contribution in [0.5, 0.6) is 0 Å². The van der Waals surface area contributed by atoms with Crippen molar-refractivity contribution in [2.24, 2.45) is 0 Å². The zero-order valence-corrected chi connectivity index (χ0v) is 17.3. The van der Waals surface area contributed by atoms with E-state index in [0.29, 0.717) is 9.90 Å². The van der Waals surface area contributed by atoms with Crippen LogP contribution in [0.1, 0.15) is 30.4 Å². The Kier molecular flexibility index (Phi) is 6.42. The predicted octanol–water partition coefficient (Wildman–Crippen LogP) is 3.29. The Balaban J connectivity index is 1.60. The van der Waals surface area contributed by atoms with Crippen LogP contribution in [0.4, 0.5) is 0 Å². The number of methoxy groups -OCH3 is 1. The smallest absolute Gasteiger partial charge is 0.337 e. The highest BCUT2D eigenvalue weighted by Gasteiger charge is 2.17. The van der Waals surface area contributed by atoms with E-state index < -0.39 is 17.8 Å². The van der Waals surface area contributed by atoms with Crippen LogP contribution in [0.3, 0.4) is 0 Å². The van der Waals surface area contributed by atoms with Gasteiger partial charge < -0.3 is 4.74 Å². The molecule has 1 aromatic heterocycles. The second-order valence-corrected chi connectivity index (χ2v) is 7.51. The second kappa shape index (κ2) is 8.99. The molecule has 3 rings (SSSR count). The number of benzene rings is 2. The molecule has 148 valence electrons. The Hall–Kier alpha value is -3.01. The number of carbonyl (C=O) groups is 3. The molecule has 0 unspecified atom stereocenters. The number of hydrazine groups is 1. The van der Waals surface area contributed by atoms with Crippen molar-refractivity contribution in [1.82, 2.24) is 16.2 Å². The summed E-state index contributed by atoms with van der Waals surface area (Å²) in [6, 6.07) is 13.3. The summed E-state index contributed by atoms with van der Waals surface area (Å²) < 4.78 is 5.50. The van der Waals surface area contributed by atoms with Crippen LogP contribution < -0.4 is 16.2 Å². The van der Waals surface area contributed by atoms with Gasteiger partial charge in [-0.15, -0.1) is 11.3 Å². The molecule has 0 fully saturated rings. The van der Waals surface area contributed by atoms with E-state index in [1.165, 1.54) is 36.6 Å². The molecule has 7 nitrogen and oxygen atoms in total. The lowest BCUT2D eigenvalue weighted by Crippen LogP contribution is -2.48. The monoisotopic (exact) mass is 447 g/mol. The molecule has 0 bridgehead atoms. The lowest BCUT2D eigenvalue weighted by atomic mass is 10.1. The third kappa shape index (κ3) is 4.70. The topological polar surface area (TPSA) is 96.5 Å². The van der Waals surface area contributed by atoms with Gasteiger partial charge in [-0.3, -0.25) is 25.8 Å². The molecular formula is C19H14ClN3O4S2. The van der Waals surface area contributed by atoms with Gasteiger partial charge in [-0.2, -0.15) is 0 Å². The molecule has 0 saturated heterocycles. The summed E-state index contributed by atoms with van der Waals surface area (Å²) in [6.45, 7) is 0. The molecule has 2 amide bonds. The number of rotatable bonds is 3. The lowest BCUT2D eigenvalue weighted by molar-refractivity contribution is 0.0600. The predicted molar refractivity (Wildman–Crippen MR) is 115 cm³/mol. The minimum Gasteiger partial charge on any atom is -0.465 e. The Morgan fingerprint density at radius 1 is 1.00 bits per heavy atom. The van der Waals surface area contributed by atoms with Gasteiger partial charge in [0.05, 0.1) is 17.7 Å². The Bertz CT molecular complexity index is 1130. The number of thiophene rings is 1. The largest absolute Gasteiger partial charge is 0.465 e. The van der Waals surface area contributed by atoms with Crippen molar-refractivity contribution in [3.63, 3.8) is 0 Å². The number of thiocarbonyl (C=S) groups is 1. The van der Waals surface area contributed by atoms with Crippen LogP contribution in [0.15, 0.2) is 48.5 Å². The summed E-state index contributed by atoms with van der Waals surface area (Å²) in [7, 11) is 1.25. The normalized spacial score (nSPS) is 10.3. The van der Waals surface area contributed by atoms with Gasteiger partial charge in [0.25, 0.3) is 11.8 Å². The molecule has 0 spiro atoms. The average molecular weight is 448 g/mol. The number of fused-ring (bicyclic) bond motifs is 1. The maximum atomic E-state index is 12.4. The van der Waals surface area contributed by atoms with Crippen LogP contribution in [0.25, 0.3) is 10.1 Å². The van der Waals surface area contributed by atoms with E-state index in [1.54, 1.807) is 6.07 Å². The molecule has 0 atom stereocenters. The second-order valence-electron chi connectivity index (χ2n) is 5.68. The van der Waals surface area contributed by atoms with Gasteiger partial charge in [0, 0.05) is 15.6 Å². The van der Waals surface area contributed by atoms with Gasteiger partial charge in [0.2, 0.25) is 0 Å². The molecule has 2 aromatic carbocycles.